The minimum Gasteiger partial charge on any atom is -0.369 e. The molecule has 1 N–H and O–H groups in total. The van der Waals surface area contributed by atoms with Gasteiger partial charge in [-0.2, -0.15) is 0 Å². The van der Waals surface area contributed by atoms with Crippen molar-refractivity contribution in [3.63, 3.8) is 0 Å². The molecule has 1 aliphatic heterocycles. The Bertz CT molecular complexity index is 1010. The van der Waals surface area contributed by atoms with Crippen LogP contribution in [0.25, 0.3) is 11.7 Å². The molecule has 3 heterocycles. The highest BCUT2D eigenvalue weighted by Gasteiger charge is 2.31. The second-order valence-electron chi connectivity index (χ2n) is 6.46. The lowest BCUT2D eigenvalue weighted by Crippen LogP contribution is -2.28. The van der Waals surface area contributed by atoms with Crippen LogP contribution < -0.4 is 10.9 Å². The number of anilines is 1. The lowest BCUT2D eigenvalue weighted by atomic mass is 10.2. The number of aromatic nitrogens is 2. The van der Waals surface area contributed by atoms with E-state index in [1.54, 1.807) is 30.5 Å². The summed E-state index contributed by atoms with van der Waals surface area (Å²) in [5.41, 5.74) is 0.657. The topological polar surface area (TPSA) is 66.7 Å². The summed E-state index contributed by atoms with van der Waals surface area (Å²) in [4.78, 5) is 32.1. The number of thioether (sulfide) groups is 1. The Kier molecular flexibility index (Phi) is 5.76. The first kappa shape index (κ1) is 19.3. The number of nitrogens with one attached hydrogen (secondary N) is 1. The molecule has 0 radical (unpaired) electrons. The quantitative estimate of drug-likeness (QED) is 0.456. The summed E-state index contributed by atoms with van der Waals surface area (Å²) >= 11 is 6.45. The van der Waals surface area contributed by atoms with Crippen molar-refractivity contribution in [2.45, 2.75) is 13.8 Å². The fourth-order valence-electron chi connectivity index (χ4n) is 2.59. The third kappa shape index (κ3) is 3.96. The number of carbonyl (C=O) groups excluding carboxylic acids is 1. The maximum absolute atomic E-state index is 13.0. The van der Waals surface area contributed by atoms with E-state index in [4.69, 9.17) is 12.2 Å². The fraction of sp³-hybridized carbons (Fsp3) is 0.263. The van der Waals surface area contributed by atoms with Crippen molar-refractivity contribution < 1.29 is 4.79 Å². The lowest BCUT2D eigenvalue weighted by molar-refractivity contribution is -0.121. The first-order chi connectivity index (χ1) is 12.9. The minimum absolute atomic E-state index is 0.225. The number of hydrogen-bond acceptors (Lipinski definition) is 6. The number of amides is 1. The molecule has 1 saturated heterocycles. The van der Waals surface area contributed by atoms with Gasteiger partial charge in [-0.25, -0.2) is 4.98 Å². The van der Waals surface area contributed by atoms with E-state index in [-0.39, 0.29) is 11.5 Å². The van der Waals surface area contributed by atoms with Crippen LogP contribution in [0.5, 0.6) is 0 Å². The monoisotopic (exact) mass is 400 g/mol. The molecule has 0 saturated carbocycles. The van der Waals surface area contributed by atoms with E-state index in [1.807, 2.05) is 6.07 Å². The van der Waals surface area contributed by atoms with Crippen molar-refractivity contribution in [3.05, 3.63) is 57.9 Å². The third-order valence-corrected chi connectivity index (χ3v) is 5.29. The van der Waals surface area contributed by atoms with E-state index in [0.29, 0.717) is 45.3 Å². The van der Waals surface area contributed by atoms with Crippen molar-refractivity contribution in [2.24, 2.45) is 5.92 Å². The summed E-state index contributed by atoms with van der Waals surface area (Å²) in [6.07, 6.45) is 4.87. The standard InChI is InChI=1S/C19H20N4O2S2/c1-4-8-23-18(25)14(27-19(23)26)10-13-16(20-11-12(2)3)21-15-7-5-6-9-22(15)17(13)24/h4-7,9-10,12,20H,1,8,11H2,2-3H3/b14-10-. The Labute approximate surface area is 167 Å². The molecule has 0 atom stereocenters. The van der Waals surface area contributed by atoms with Gasteiger partial charge in [-0.1, -0.05) is 50.0 Å². The van der Waals surface area contributed by atoms with Crippen molar-refractivity contribution >= 4 is 51.7 Å². The molecule has 140 valence electrons. The van der Waals surface area contributed by atoms with Crippen LogP contribution in [0.1, 0.15) is 19.4 Å². The molecular weight excluding hydrogens is 380 g/mol. The molecule has 0 aliphatic carbocycles. The third-order valence-electron chi connectivity index (χ3n) is 3.91. The zero-order chi connectivity index (χ0) is 19.6. The predicted octanol–water partition coefficient (Wildman–Crippen LogP) is 3.15. The van der Waals surface area contributed by atoms with Crippen LogP contribution in [0.3, 0.4) is 0 Å². The molecule has 1 fully saturated rings. The Morgan fingerprint density at radius 1 is 1.37 bits per heavy atom. The summed E-state index contributed by atoms with van der Waals surface area (Å²) in [6, 6.07) is 5.37. The van der Waals surface area contributed by atoms with Gasteiger partial charge in [0.1, 0.15) is 15.8 Å². The number of thiocarbonyl (C=S) groups is 1. The van der Waals surface area contributed by atoms with Crippen molar-refractivity contribution in [1.82, 2.24) is 14.3 Å². The maximum Gasteiger partial charge on any atom is 0.267 e. The van der Waals surface area contributed by atoms with Gasteiger partial charge in [-0.05, 0) is 24.1 Å². The smallest absolute Gasteiger partial charge is 0.267 e. The average Bonchev–Trinajstić information content (AvgIpc) is 2.90. The van der Waals surface area contributed by atoms with E-state index in [2.05, 4.69) is 30.7 Å². The molecule has 2 aromatic heterocycles. The summed E-state index contributed by atoms with van der Waals surface area (Å²) < 4.78 is 1.92. The molecule has 0 bridgehead atoms. The molecule has 27 heavy (non-hydrogen) atoms. The normalized spacial score (nSPS) is 16.0. The Balaban J connectivity index is 2.12. The zero-order valence-electron chi connectivity index (χ0n) is 15.1. The van der Waals surface area contributed by atoms with E-state index in [1.165, 1.54) is 21.1 Å². The van der Waals surface area contributed by atoms with Gasteiger partial charge < -0.3 is 5.32 Å². The van der Waals surface area contributed by atoms with Crippen LogP contribution in [0.15, 0.2) is 46.8 Å². The molecule has 6 nitrogen and oxygen atoms in total. The van der Waals surface area contributed by atoms with Gasteiger partial charge in [0.15, 0.2) is 0 Å². The number of carbonyl (C=O) groups is 1. The molecular formula is C19H20N4O2S2. The highest BCUT2D eigenvalue weighted by atomic mass is 32.2. The van der Waals surface area contributed by atoms with Gasteiger partial charge in [0.2, 0.25) is 0 Å². The summed E-state index contributed by atoms with van der Waals surface area (Å²) in [5.74, 6) is 0.617. The van der Waals surface area contributed by atoms with E-state index >= 15 is 0 Å². The average molecular weight is 401 g/mol. The maximum atomic E-state index is 13.0. The minimum atomic E-state index is -0.235. The molecule has 1 aliphatic rings. The predicted molar refractivity (Wildman–Crippen MR) is 115 cm³/mol. The van der Waals surface area contributed by atoms with Crippen LogP contribution in [-0.4, -0.2) is 37.6 Å². The molecule has 8 heteroatoms. The summed E-state index contributed by atoms with van der Waals surface area (Å²) in [5, 5.41) is 3.23. The second-order valence-corrected chi connectivity index (χ2v) is 8.14. The van der Waals surface area contributed by atoms with E-state index in [0.717, 1.165) is 0 Å². The van der Waals surface area contributed by atoms with Crippen LogP contribution in [0.2, 0.25) is 0 Å². The molecule has 3 rings (SSSR count). The first-order valence-electron chi connectivity index (χ1n) is 8.54. The number of fused-ring (bicyclic) bond motifs is 1. The number of nitrogens with zero attached hydrogens (tertiary/aromatic N) is 3. The molecule has 2 aromatic rings. The number of rotatable bonds is 6. The fourth-order valence-corrected chi connectivity index (χ4v) is 3.84. The van der Waals surface area contributed by atoms with E-state index < -0.39 is 0 Å². The Morgan fingerprint density at radius 2 is 2.15 bits per heavy atom. The number of hydrogen-bond donors (Lipinski definition) is 1. The first-order valence-corrected chi connectivity index (χ1v) is 9.76. The van der Waals surface area contributed by atoms with Crippen LogP contribution in [-0.2, 0) is 4.79 Å². The van der Waals surface area contributed by atoms with Gasteiger partial charge in [-0.3, -0.25) is 18.9 Å². The molecule has 0 unspecified atom stereocenters. The van der Waals surface area contributed by atoms with Gasteiger partial charge in [0, 0.05) is 19.3 Å². The summed E-state index contributed by atoms with van der Waals surface area (Å²) in [6.45, 7) is 8.79. The van der Waals surface area contributed by atoms with E-state index in [9.17, 15) is 9.59 Å². The van der Waals surface area contributed by atoms with Crippen molar-refractivity contribution in [1.29, 1.82) is 0 Å². The van der Waals surface area contributed by atoms with Crippen LogP contribution in [0, 0.1) is 5.92 Å². The molecule has 0 spiro atoms. The van der Waals surface area contributed by atoms with Gasteiger partial charge in [0.25, 0.3) is 11.5 Å². The lowest BCUT2D eigenvalue weighted by Gasteiger charge is -2.13. The second kappa shape index (κ2) is 8.06. The Hall–Kier alpha value is -2.45. The highest BCUT2D eigenvalue weighted by Crippen LogP contribution is 2.32. The zero-order valence-corrected chi connectivity index (χ0v) is 16.8. The van der Waals surface area contributed by atoms with Gasteiger partial charge >= 0.3 is 0 Å². The van der Waals surface area contributed by atoms with Crippen molar-refractivity contribution in [2.75, 3.05) is 18.4 Å². The van der Waals surface area contributed by atoms with Crippen LogP contribution in [0.4, 0.5) is 5.82 Å². The van der Waals surface area contributed by atoms with Gasteiger partial charge in [-0.15, -0.1) is 6.58 Å². The highest BCUT2D eigenvalue weighted by molar-refractivity contribution is 8.26. The Morgan fingerprint density at radius 3 is 2.85 bits per heavy atom. The van der Waals surface area contributed by atoms with Crippen molar-refractivity contribution in [3.8, 4) is 0 Å². The summed E-state index contributed by atoms with van der Waals surface area (Å²) in [7, 11) is 0. The largest absolute Gasteiger partial charge is 0.369 e. The molecule has 0 aromatic carbocycles. The number of pyridine rings is 1. The molecule has 1 amide bonds. The van der Waals surface area contributed by atoms with Crippen LogP contribution >= 0.6 is 24.0 Å². The SMILES string of the molecule is C=CCN1C(=O)/C(=C/c2c(NCC(C)C)nc3ccccn3c2=O)SC1=S. The van der Waals surface area contributed by atoms with Gasteiger partial charge in [0.05, 0.1) is 10.5 Å².